The van der Waals surface area contributed by atoms with Crippen LogP contribution in [0, 0.1) is 6.20 Å². The van der Waals surface area contributed by atoms with Crippen LogP contribution in [0.3, 0.4) is 0 Å². The van der Waals surface area contributed by atoms with Gasteiger partial charge < -0.3 is 0 Å². The topological polar surface area (TPSA) is 25.8 Å². The fraction of sp³-hybridized carbons (Fsp3) is 0.300. The van der Waals surface area contributed by atoms with Crippen molar-refractivity contribution in [2.75, 3.05) is 0 Å². The lowest BCUT2D eigenvalue weighted by Crippen LogP contribution is -2.10. The van der Waals surface area contributed by atoms with E-state index < -0.39 is 0 Å². The van der Waals surface area contributed by atoms with Gasteiger partial charge >= 0.3 is 0 Å². The van der Waals surface area contributed by atoms with Crippen LogP contribution in [0.1, 0.15) is 37.7 Å². The fourth-order valence-electron chi connectivity index (χ4n) is 2.49. The Hall–Kier alpha value is -2.22. The molecule has 1 radical (unpaired) electrons. The van der Waals surface area contributed by atoms with Crippen molar-refractivity contribution in [3.8, 4) is 0 Å². The van der Waals surface area contributed by atoms with Crippen molar-refractivity contribution < 1.29 is 0 Å². The van der Waals surface area contributed by atoms with Crippen molar-refractivity contribution >= 4 is 10.9 Å². The van der Waals surface area contributed by atoms with Gasteiger partial charge in [0.1, 0.15) is 12.0 Å². The van der Waals surface area contributed by atoms with E-state index in [1.807, 2.05) is 24.3 Å². The molecule has 0 aliphatic heterocycles. The molecule has 3 rings (SSSR count). The van der Waals surface area contributed by atoms with Crippen molar-refractivity contribution in [3.05, 3.63) is 71.7 Å². The molecule has 0 saturated carbocycles. The molecule has 0 aliphatic rings. The number of nitrogens with zero attached hydrogens (tertiary/aromatic N) is 2. The molecule has 111 valence electrons. The highest BCUT2D eigenvalue weighted by atomic mass is 14.9. The lowest BCUT2D eigenvalue weighted by atomic mass is 9.86. The number of hydrogen-bond acceptors (Lipinski definition) is 2. The van der Waals surface area contributed by atoms with Crippen LogP contribution in [-0.2, 0) is 18.3 Å². The maximum atomic E-state index is 4.60. The second-order valence-corrected chi connectivity index (χ2v) is 6.72. The predicted octanol–water partition coefficient (Wildman–Crippen LogP) is 4.51. The molecule has 0 bridgehead atoms. The summed E-state index contributed by atoms with van der Waals surface area (Å²) < 4.78 is 0. The van der Waals surface area contributed by atoms with Crippen molar-refractivity contribution in [1.29, 1.82) is 0 Å². The van der Waals surface area contributed by atoms with E-state index in [0.29, 0.717) is 0 Å². The van der Waals surface area contributed by atoms with E-state index in [0.717, 1.165) is 29.6 Å². The molecule has 2 heteroatoms. The van der Waals surface area contributed by atoms with E-state index in [9.17, 15) is 0 Å². The first-order valence-electron chi connectivity index (χ1n) is 7.75. The zero-order valence-electron chi connectivity index (χ0n) is 13.4. The molecular formula is C20H21N2. The zero-order chi connectivity index (χ0) is 15.6. The highest BCUT2D eigenvalue weighted by molar-refractivity contribution is 5.76. The second kappa shape index (κ2) is 5.88. The summed E-state index contributed by atoms with van der Waals surface area (Å²) >= 11 is 0. The number of para-hydroxylation sites is 1. The van der Waals surface area contributed by atoms with Gasteiger partial charge in [0.2, 0.25) is 0 Å². The summed E-state index contributed by atoms with van der Waals surface area (Å²) in [6.45, 7) is 6.71. The Kier molecular flexibility index (Phi) is 3.93. The third-order valence-corrected chi connectivity index (χ3v) is 3.92. The zero-order valence-corrected chi connectivity index (χ0v) is 13.4. The monoisotopic (exact) mass is 289 g/mol. The van der Waals surface area contributed by atoms with Crippen molar-refractivity contribution in [2.45, 2.75) is 39.0 Å². The Morgan fingerprint density at radius 2 is 1.64 bits per heavy atom. The Bertz CT molecular complexity index is 768. The van der Waals surface area contributed by atoms with E-state index in [1.165, 1.54) is 11.1 Å². The Labute approximate surface area is 132 Å². The van der Waals surface area contributed by atoms with Crippen LogP contribution < -0.4 is 0 Å². The molecule has 0 saturated heterocycles. The molecule has 0 fully saturated rings. The minimum absolute atomic E-state index is 0.203. The third-order valence-electron chi connectivity index (χ3n) is 3.92. The number of hydrogen-bond donors (Lipinski definition) is 0. The SMILES string of the molecule is CC(C)(C)c1ccc(CCc2n[c]c3ccccc3n2)cc1. The lowest BCUT2D eigenvalue weighted by molar-refractivity contribution is 0.590. The maximum Gasteiger partial charge on any atom is 0.130 e. The fourth-order valence-corrected chi connectivity index (χ4v) is 2.49. The van der Waals surface area contributed by atoms with E-state index in [1.54, 1.807) is 0 Å². The van der Waals surface area contributed by atoms with Gasteiger partial charge in [-0.05, 0) is 29.0 Å². The second-order valence-electron chi connectivity index (χ2n) is 6.72. The van der Waals surface area contributed by atoms with Crippen LogP contribution in [0.15, 0.2) is 48.5 Å². The Morgan fingerprint density at radius 1 is 0.909 bits per heavy atom. The van der Waals surface area contributed by atoms with Crippen molar-refractivity contribution in [1.82, 2.24) is 9.97 Å². The van der Waals surface area contributed by atoms with Gasteiger partial charge in [0.05, 0.1) is 5.52 Å². The maximum absolute atomic E-state index is 4.60. The van der Waals surface area contributed by atoms with Crippen LogP contribution in [0.25, 0.3) is 10.9 Å². The van der Waals surface area contributed by atoms with Gasteiger partial charge in [-0.15, -0.1) is 0 Å². The van der Waals surface area contributed by atoms with Gasteiger partial charge in [-0.3, -0.25) is 0 Å². The third kappa shape index (κ3) is 3.33. The lowest BCUT2D eigenvalue weighted by Gasteiger charge is -2.19. The van der Waals surface area contributed by atoms with Gasteiger partial charge in [-0.25, -0.2) is 9.97 Å². The van der Waals surface area contributed by atoms with E-state index in [4.69, 9.17) is 0 Å². The van der Waals surface area contributed by atoms with Crippen LogP contribution in [0.5, 0.6) is 0 Å². The molecule has 2 aromatic carbocycles. The average molecular weight is 289 g/mol. The van der Waals surface area contributed by atoms with Crippen LogP contribution >= 0.6 is 0 Å². The Balaban J connectivity index is 1.71. The minimum atomic E-state index is 0.203. The number of aryl methyl sites for hydroxylation is 2. The summed E-state index contributed by atoms with van der Waals surface area (Å²) in [6, 6.07) is 16.9. The van der Waals surface area contributed by atoms with Gasteiger partial charge in [-0.2, -0.15) is 0 Å². The molecule has 0 N–H and O–H groups in total. The first-order chi connectivity index (χ1) is 10.5. The molecule has 0 amide bonds. The number of aromatic nitrogens is 2. The number of rotatable bonds is 3. The summed E-state index contributed by atoms with van der Waals surface area (Å²) in [5.74, 6) is 0.860. The molecule has 3 aromatic rings. The first kappa shape index (κ1) is 14.7. The van der Waals surface area contributed by atoms with Gasteiger partial charge in [0, 0.05) is 11.8 Å². The van der Waals surface area contributed by atoms with E-state index >= 15 is 0 Å². The standard InChI is InChI=1S/C20H21N2/c1-20(2,3)17-11-8-15(9-12-17)10-13-19-21-14-16-6-4-5-7-18(16)22-19/h4-9,11-12H,10,13H2,1-3H3. The van der Waals surface area contributed by atoms with Crippen LogP contribution in [-0.4, -0.2) is 9.97 Å². The molecule has 0 aliphatic carbocycles. The van der Waals surface area contributed by atoms with Crippen molar-refractivity contribution in [2.24, 2.45) is 0 Å². The van der Waals surface area contributed by atoms with Crippen molar-refractivity contribution in [3.63, 3.8) is 0 Å². The molecule has 22 heavy (non-hydrogen) atoms. The molecular weight excluding hydrogens is 268 g/mol. The summed E-state index contributed by atoms with van der Waals surface area (Å²) in [4.78, 5) is 8.95. The normalized spacial score (nSPS) is 11.8. The Morgan fingerprint density at radius 3 is 2.36 bits per heavy atom. The summed E-state index contributed by atoms with van der Waals surface area (Å²) in [5.41, 5.74) is 3.86. The number of benzene rings is 2. The van der Waals surface area contributed by atoms with Crippen LogP contribution in [0.4, 0.5) is 0 Å². The first-order valence-corrected chi connectivity index (χ1v) is 7.75. The van der Waals surface area contributed by atoms with Gasteiger partial charge in [0.25, 0.3) is 0 Å². The highest BCUT2D eigenvalue weighted by Gasteiger charge is 2.12. The average Bonchev–Trinajstić information content (AvgIpc) is 2.52. The molecule has 0 atom stereocenters. The highest BCUT2D eigenvalue weighted by Crippen LogP contribution is 2.22. The van der Waals surface area contributed by atoms with Gasteiger partial charge in [-0.1, -0.05) is 63.2 Å². The largest absolute Gasteiger partial charge is 0.233 e. The van der Waals surface area contributed by atoms with Crippen LogP contribution in [0.2, 0.25) is 0 Å². The van der Waals surface area contributed by atoms with E-state index in [-0.39, 0.29) is 5.41 Å². The smallest absolute Gasteiger partial charge is 0.130 e. The summed E-state index contributed by atoms with van der Waals surface area (Å²) in [7, 11) is 0. The molecule has 0 unspecified atom stereocenters. The molecule has 2 nitrogen and oxygen atoms in total. The predicted molar refractivity (Wildman–Crippen MR) is 90.9 cm³/mol. The molecule has 1 heterocycles. The van der Waals surface area contributed by atoms with Gasteiger partial charge in [0.15, 0.2) is 0 Å². The number of fused-ring (bicyclic) bond motifs is 1. The summed E-state index contributed by atoms with van der Waals surface area (Å²) in [5, 5.41) is 0.973. The molecule has 0 spiro atoms. The summed E-state index contributed by atoms with van der Waals surface area (Å²) in [6.07, 6.45) is 4.87. The van der Waals surface area contributed by atoms with E-state index in [2.05, 4.69) is 61.2 Å². The molecule has 1 aromatic heterocycles. The minimum Gasteiger partial charge on any atom is -0.233 e. The quantitative estimate of drug-likeness (QED) is 0.709.